The van der Waals surface area contributed by atoms with Gasteiger partial charge in [-0.2, -0.15) is 0 Å². The summed E-state index contributed by atoms with van der Waals surface area (Å²) >= 11 is 0. The molecule has 314 valence electrons. The van der Waals surface area contributed by atoms with Gasteiger partial charge in [0.05, 0.1) is 33.2 Å². The van der Waals surface area contributed by atoms with Gasteiger partial charge in [-0.1, -0.05) is 206 Å². The van der Waals surface area contributed by atoms with E-state index in [0.717, 1.165) is 38.9 Å². The molecule has 0 N–H and O–H groups in total. The van der Waals surface area contributed by atoms with E-state index < -0.39 is 83.6 Å². The summed E-state index contributed by atoms with van der Waals surface area (Å²) in [5.41, 5.74) is 7.76. The molecule has 0 unspecified atom stereocenters. The van der Waals surface area contributed by atoms with Crippen LogP contribution in [0.2, 0.25) is 0 Å². The summed E-state index contributed by atoms with van der Waals surface area (Å²) in [4.78, 5) is 15.3. The number of para-hydroxylation sites is 1. The molecule has 0 saturated carbocycles. The second kappa shape index (κ2) is 17.2. The van der Waals surface area contributed by atoms with Crippen LogP contribution in [0.25, 0.3) is 117 Å². The molecule has 0 spiro atoms. The van der Waals surface area contributed by atoms with Gasteiger partial charge in [0.25, 0.3) is 0 Å². The van der Waals surface area contributed by atoms with Gasteiger partial charge in [0.15, 0.2) is 17.5 Å². The number of aromatic nitrogens is 4. The van der Waals surface area contributed by atoms with Gasteiger partial charge in [-0.05, 0) is 104 Å². The first kappa shape index (κ1) is 28.7. The molecular formula is C63H42N4. The fourth-order valence-corrected chi connectivity index (χ4v) is 8.51. The molecule has 12 rings (SSSR count). The lowest BCUT2D eigenvalue weighted by atomic mass is 9.92. The smallest absolute Gasteiger partial charge is 0.166 e. The van der Waals surface area contributed by atoms with Crippen molar-refractivity contribution in [2.45, 2.75) is 0 Å². The summed E-state index contributed by atoms with van der Waals surface area (Å²) in [6, 6.07) is 51.2. The molecule has 4 nitrogen and oxygen atoms in total. The molecule has 0 amide bonds. The van der Waals surface area contributed by atoms with E-state index in [9.17, 15) is 6.85 Å². The van der Waals surface area contributed by atoms with Crippen molar-refractivity contribution < 1.29 is 16.4 Å². The molecular weight excluding hydrogens is 813 g/mol. The maximum Gasteiger partial charge on any atom is 0.166 e. The van der Waals surface area contributed by atoms with E-state index in [1.165, 1.54) is 4.57 Å². The number of hydrogen-bond acceptors (Lipinski definition) is 3. The van der Waals surface area contributed by atoms with Crippen molar-refractivity contribution in [3.8, 4) is 95.5 Å². The van der Waals surface area contributed by atoms with Crippen LogP contribution in [0.4, 0.5) is 0 Å². The molecule has 0 saturated heterocycles. The number of benzene rings is 10. The average Bonchev–Trinajstić information content (AvgIpc) is 3.18. The van der Waals surface area contributed by atoms with Crippen LogP contribution in [0.3, 0.4) is 0 Å². The summed E-state index contributed by atoms with van der Waals surface area (Å²) in [6.45, 7) is 0. The second-order valence-corrected chi connectivity index (χ2v) is 15.9. The van der Waals surface area contributed by atoms with Gasteiger partial charge in [0.2, 0.25) is 0 Å². The Labute approximate surface area is 406 Å². The maximum atomic E-state index is 9.95. The van der Waals surface area contributed by atoms with Crippen LogP contribution in [0.1, 0.15) is 16.4 Å². The predicted octanol–water partition coefficient (Wildman–Crippen LogP) is 16.3. The molecule has 0 aliphatic heterocycles. The quantitative estimate of drug-likeness (QED) is 0.145. The molecule has 0 aliphatic rings. The van der Waals surface area contributed by atoms with Crippen molar-refractivity contribution in [2.24, 2.45) is 0 Å². The summed E-state index contributed by atoms with van der Waals surface area (Å²) in [5.74, 6) is 0.786. The lowest BCUT2D eigenvalue weighted by molar-refractivity contribution is 1.06. The third-order valence-electron chi connectivity index (χ3n) is 11.8. The first-order chi connectivity index (χ1) is 38.2. The summed E-state index contributed by atoms with van der Waals surface area (Å²) < 4.78 is 111. The van der Waals surface area contributed by atoms with Crippen molar-refractivity contribution in [3.05, 3.63) is 255 Å². The first-order valence-corrected chi connectivity index (χ1v) is 21.7. The molecule has 12 aromatic rings. The zero-order valence-electron chi connectivity index (χ0n) is 47.6. The fraction of sp³-hybridized carbons (Fsp3) is 0. The van der Waals surface area contributed by atoms with Gasteiger partial charge in [-0.3, -0.25) is 0 Å². The van der Waals surface area contributed by atoms with Crippen LogP contribution in [0.5, 0.6) is 0 Å². The Bertz CT molecular complexity index is 4340. The Balaban J connectivity index is 1.21. The van der Waals surface area contributed by atoms with Gasteiger partial charge >= 0.3 is 0 Å². The largest absolute Gasteiger partial charge is 0.308 e. The van der Waals surface area contributed by atoms with Crippen LogP contribution in [0.15, 0.2) is 255 Å². The SMILES string of the molecule is [2H]c1c([2H])c([2H])c(-c2c([2H])c([2H])c3c(c2[2H])c2c([2H])c([2H])c([2H])c([2H])c2n3-c2cc(-c3cc(-c4ccccc4)cc(-c4ccccc4)c3)ccc2-c2nc(-c3ccccc3)nc(-c3ccc(-c4ccccc4)cc3)n2)c([2H])c1[2H]. The molecule has 10 aromatic carbocycles. The zero-order valence-corrected chi connectivity index (χ0v) is 35.6. The Morgan fingerprint density at radius 2 is 0.746 bits per heavy atom. The molecule has 0 radical (unpaired) electrons. The molecule has 0 atom stereocenters. The lowest BCUT2D eigenvalue weighted by Gasteiger charge is -2.17. The van der Waals surface area contributed by atoms with Crippen LogP contribution in [-0.2, 0) is 0 Å². The minimum atomic E-state index is -0.710. The van der Waals surface area contributed by atoms with Crippen molar-refractivity contribution >= 4 is 21.8 Å². The first-order valence-electron chi connectivity index (χ1n) is 27.7. The lowest BCUT2D eigenvalue weighted by Crippen LogP contribution is -2.04. The highest BCUT2D eigenvalue weighted by Gasteiger charge is 2.21. The van der Waals surface area contributed by atoms with Crippen LogP contribution in [0, 0.1) is 0 Å². The van der Waals surface area contributed by atoms with Crippen molar-refractivity contribution in [1.29, 1.82) is 0 Å². The highest BCUT2D eigenvalue weighted by Crippen LogP contribution is 2.41. The average molecular weight is 867 g/mol. The number of rotatable bonds is 9. The molecule has 0 bridgehead atoms. The van der Waals surface area contributed by atoms with Crippen LogP contribution < -0.4 is 0 Å². The van der Waals surface area contributed by atoms with E-state index in [-0.39, 0.29) is 33.3 Å². The van der Waals surface area contributed by atoms with Gasteiger partial charge < -0.3 is 4.57 Å². The minimum absolute atomic E-state index is 0.143. The van der Waals surface area contributed by atoms with E-state index in [1.807, 2.05) is 164 Å². The molecule has 2 aromatic heterocycles. The molecule has 4 heteroatoms. The summed E-state index contributed by atoms with van der Waals surface area (Å²) in [6.07, 6.45) is 0. The third kappa shape index (κ3) is 7.67. The monoisotopic (exact) mass is 866 g/mol. The van der Waals surface area contributed by atoms with E-state index in [1.54, 1.807) is 0 Å². The highest BCUT2D eigenvalue weighted by atomic mass is 15.1. The van der Waals surface area contributed by atoms with E-state index in [4.69, 9.17) is 24.5 Å². The third-order valence-corrected chi connectivity index (χ3v) is 11.8. The molecule has 67 heavy (non-hydrogen) atoms. The van der Waals surface area contributed by atoms with Crippen LogP contribution >= 0.6 is 0 Å². The number of hydrogen-bond donors (Lipinski definition) is 0. The predicted molar refractivity (Wildman–Crippen MR) is 278 cm³/mol. The molecule has 0 aliphatic carbocycles. The minimum Gasteiger partial charge on any atom is -0.308 e. The van der Waals surface area contributed by atoms with Crippen molar-refractivity contribution in [2.75, 3.05) is 0 Å². The normalized spacial score (nSPS) is 13.8. The Morgan fingerprint density at radius 1 is 0.299 bits per heavy atom. The second-order valence-electron chi connectivity index (χ2n) is 15.9. The maximum absolute atomic E-state index is 9.95. The number of nitrogens with zero attached hydrogens (tertiary/aromatic N) is 4. The Morgan fingerprint density at radius 3 is 1.36 bits per heavy atom. The zero-order chi connectivity index (χ0) is 55.0. The summed E-state index contributed by atoms with van der Waals surface area (Å²) in [5, 5.41) is -0.375. The van der Waals surface area contributed by atoms with Gasteiger partial charge in [-0.15, -0.1) is 0 Å². The standard InChI is InChI=1S/C63H42N4/c1-6-18-43(19-7-1)47-30-32-49(33-31-47)62-64-61(48-26-14-5-15-27-48)65-63(66-62)56-36-34-51(54-39-52(45-22-10-3-11-23-45)38-53(40-54)46-24-12-4-13-25-46)42-60(56)67-58-29-17-16-28-55(58)57-41-50(35-37-59(57)67)44-20-8-2-9-21-44/h1-42H/i2D,8D,9D,16D,17D,20D,21D,28D,29D,35D,37D,41D. The van der Waals surface area contributed by atoms with E-state index >= 15 is 0 Å². The van der Waals surface area contributed by atoms with E-state index in [0.29, 0.717) is 33.9 Å². The Kier molecular flexibility index (Phi) is 7.37. The Hall–Kier alpha value is -8.99. The number of fused-ring (bicyclic) bond motifs is 3. The van der Waals surface area contributed by atoms with Crippen molar-refractivity contribution in [3.63, 3.8) is 0 Å². The van der Waals surface area contributed by atoms with Gasteiger partial charge in [0.1, 0.15) is 0 Å². The van der Waals surface area contributed by atoms with E-state index in [2.05, 4.69) is 18.2 Å². The highest BCUT2D eigenvalue weighted by molar-refractivity contribution is 6.11. The van der Waals surface area contributed by atoms with Crippen molar-refractivity contribution in [1.82, 2.24) is 19.5 Å². The topological polar surface area (TPSA) is 43.6 Å². The van der Waals surface area contributed by atoms with Gasteiger partial charge in [0, 0.05) is 27.5 Å². The van der Waals surface area contributed by atoms with Gasteiger partial charge in [-0.25, -0.2) is 15.0 Å². The fourth-order valence-electron chi connectivity index (χ4n) is 8.51. The molecule has 2 heterocycles. The summed E-state index contributed by atoms with van der Waals surface area (Å²) in [7, 11) is 0. The van der Waals surface area contributed by atoms with Crippen LogP contribution in [-0.4, -0.2) is 19.5 Å². The molecule has 0 fully saturated rings.